The minimum Gasteiger partial charge on any atom is -0.393 e. The molecule has 3 nitrogen and oxygen atoms in total. The van der Waals surface area contributed by atoms with Gasteiger partial charge >= 0.3 is 0 Å². The van der Waals surface area contributed by atoms with Crippen LogP contribution in [-0.2, 0) is 0 Å². The summed E-state index contributed by atoms with van der Waals surface area (Å²) < 4.78 is 0. The second-order valence-corrected chi connectivity index (χ2v) is 4.88. The predicted molar refractivity (Wildman–Crippen MR) is 71.0 cm³/mol. The number of thiocarbonyl (C=S) groups is 1. The minimum absolute atomic E-state index is 0.540. The molecule has 0 spiro atoms. The van der Waals surface area contributed by atoms with Crippen LogP contribution >= 0.6 is 23.8 Å². The van der Waals surface area contributed by atoms with Crippen molar-refractivity contribution in [3.8, 4) is 0 Å². The van der Waals surface area contributed by atoms with Gasteiger partial charge in [0.2, 0.25) is 0 Å². The summed E-state index contributed by atoms with van der Waals surface area (Å²) in [6.45, 7) is 0.802. The van der Waals surface area contributed by atoms with Crippen molar-refractivity contribution in [3.05, 3.63) is 23.4 Å². The van der Waals surface area contributed by atoms with Gasteiger partial charge in [-0.1, -0.05) is 23.8 Å². The molecule has 16 heavy (non-hydrogen) atoms. The molecule has 0 bridgehead atoms. The van der Waals surface area contributed by atoms with Crippen LogP contribution in [-0.4, -0.2) is 22.6 Å². The fraction of sp³-hybridized carbons (Fsp3) is 0.455. The van der Waals surface area contributed by atoms with E-state index in [1.165, 1.54) is 12.8 Å². The Hall–Kier alpha value is -0.870. The minimum atomic E-state index is 0.540. The summed E-state index contributed by atoms with van der Waals surface area (Å²) in [5.74, 6) is 0.850. The Kier molecular flexibility index (Phi) is 3.61. The summed E-state index contributed by atoms with van der Waals surface area (Å²) in [7, 11) is 0. The van der Waals surface area contributed by atoms with Gasteiger partial charge in [-0.25, -0.2) is 4.98 Å². The largest absolute Gasteiger partial charge is 0.393 e. The third-order valence-corrected chi connectivity index (χ3v) is 3.10. The van der Waals surface area contributed by atoms with E-state index >= 15 is 0 Å². The van der Waals surface area contributed by atoms with Crippen molar-refractivity contribution in [2.45, 2.75) is 25.3 Å². The summed E-state index contributed by atoms with van der Waals surface area (Å²) in [5, 5.41) is 0.692. The van der Waals surface area contributed by atoms with E-state index in [-0.39, 0.29) is 0 Å². The van der Waals surface area contributed by atoms with E-state index in [9.17, 15) is 0 Å². The lowest BCUT2D eigenvalue weighted by molar-refractivity contribution is 0.786. The highest BCUT2D eigenvalue weighted by Crippen LogP contribution is 2.33. The molecule has 1 heterocycles. The van der Waals surface area contributed by atoms with Crippen molar-refractivity contribution in [3.63, 3.8) is 0 Å². The average Bonchev–Trinajstić information content (AvgIpc) is 3.04. The first-order valence-corrected chi connectivity index (χ1v) is 6.12. The van der Waals surface area contributed by atoms with Crippen LogP contribution in [0.3, 0.4) is 0 Å². The van der Waals surface area contributed by atoms with Crippen LogP contribution in [0, 0.1) is 0 Å². The van der Waals surface area contributed by atoms with E-state index in [2.05, 4.69) is 9.88 Å². The normalized spacial score (nSPS) is 14.8. The lowest BCUT2D eigenvalue weighted by atomic mass is 10.3. The van der Waals surface area contributed by atoms with Gasteiger partial charge in [-0.2, -0.15) is 0 Å². The second-order valence-electron chi connectivity index (χ2n) is 3.95. The number of nitrogens with two attached hydrogens (primary N) is 1. The van der Waals surface area contributed by atoms with E-state index in [1.807, 2.05) is 12.1 Å². The van der Waals surface area contributed by atoms with Crippen molar-refractivity contribution in [1.82, 2.24) is 4.98 Å². The fourth-order valence-electron chi connectivity index (χ4n) is 1.67. The van der Waals surface area contributed by atoms with Crippen LogP contribution in [0.4, 0.5) is 5.82 Å². The molecule has 0 atom stereocenters. The van der Waals surface area contributed by atoms with Crippen molar-refractivity contribution in [1.29, 1.82) is 0 Å². The van der Waals surface area contributed by atoms with E-state index in [0.29, 0.717) is 22.5 Å². The molecule has 0 aromatic carbocycles. The van der Waals surface area contributed by atoms with Crippen molar-refractivity contribution in [2.75, 3.05) is 11.4 Å². The molecule has 1 aliphatic carbocycles. The molecule has 1 aliphatic rings. The molecule has 86 valence electrons. The number of hydrogen-bond acceptors (Lipinski definition) is 3. The second kappa shape index (κ2) is 4.97. The molecule has 0 radical (unpaired) electrons. The molecule has 0 unspecified atom stereocenters. The number of rotatable bonds is 5. The van der Waals surface area contributed by atoms with E-state index in [1.54, 1.807) is 6.20 Å². The highest BCUT2D eigenvalue weighted by Gasteiger charge is 2.30. The molecule has 0 saturated heterocycles. The van der Waals surface area contributed by atoms with Crippen LogP contribution in [0.25, 0.3) is 0 Å². The van der Waals surface area contributed by atoms with E-state index in [4.69, 9.17) is 29.6 Å². The van der Waals surface area contributed by atoms with Crippen molar-refractivity contribution in [2.24, 2.45) is 5.73 Å². The van der Waals surface area contributed by atoms with Gasteiger partial charge in [0.15, 0.2) is 0 Å². The maximum absolute atomic E-state index is 6.14. The van der Waals surface area contributed by atoms with E-state index in [0.717, 1.165) is 12.4 Å². The number of hydrogen-bond donors (Lipinski definition) is 1. The monoisotopic (exact) mass is 255 g/mol. The van der Waals surface area contributed by atoms with Gasteiger partial charge < -0.3 is 10.6 Å². The summed E-state index contributed by atoms with van der Waals surface area (Å²) in [5.41, 5.74) is 5.53. The Morgan fingerprint density at radius 3 is 2.94 bits per heavy atom. The summed E-state index contributed by atoms with van der Waals surface area (Å²) >= 11 is 11.0. The first-order valence-electron chi connectivity index (χ1n) is 5.34. The third-order valence-electron chi connectivity index (χ3n) is 2.60. The standard InChI is InChI=1S/C11H14ClN3S/c12-9-2-1-6-14-11(9)15(8-3-4-8)7-5-10(13)16/h1-2,6,8H,3-5,7H2,(H2,13,16). The van der Waals surface area contributed by atoms with Crippen LogP contribution in [0.5, 0.6) is 0 Å². The molecular formula is C11H14ClN3S. The Morgan fingerprint density at radius 2 is 2.38 bits per heavy atom. The topological polar surface area (TPSA) is 42.1 Å². The average molecular weight is 256 g/mol. The first kappa shape index (κ1) is 11.6. The summed E-state index contributed by atoms with van der Waals surface area (Å²) in [6.07, 6.45) is 4.87. The molecule has 2 rings (SSSR count). The lowest BCUT2D eigenvalue weighted by Crippen LogP contribution is -2.30. The Bertz CT molecular complexity index is 393. The Balaban J connectivity index is 2.12. The number of aromatic nitrogens is 1. The van der Waals surface area contributed by atoms with Gasteiger partial charge in [0.25, 0.3) is 0 Å². The highest BCUT2D eigenvalue weighted by molar-refractivity contribution is 7.80. The zero-order valence-electron chi connectivity index (χ0n) is 8.90. The maximum Gasteiger partial charge on any atom is 0.147 e. The van der Waals surface area contributed by atoms with Gasteiger partial charge in [-0.05, 0) is 25.0 Å². The van der Waals surface area contributed by atoms with Crippen LogP contribution in [0.1, 0.15) is 19.3 Å². The number of anilines is 1. The Labute approximate surface area is 106 Å². The smallest absolute Gasteiger partial charge is 0.147 e. The van der Waals surface area contributed by atoms with Crippen molar-refractivity contribution < 1.29 is 0 Å². The SMILES string of the molecule is NC(=S)CCN(c1ncccc1Cl)C1CC1. The molecule has 0 amide bonds. The number of pyridine rings is 1. The predicted octanol–water partition coefficient (Wildman–Crippen LogP) is 2.38. The zero-order valence-corrected chi connectivity index (χ0v) is 10.5. The molecular weight excluding hydrogens is 242 g/mol. The molecule has 1 aromatic heterocycles. The van der Waals surface area contributed by atoms with E-state index < -0.39 is 0 Å². The Morgan fingerprint density at radius 1 is 1.62 bits per heavy atom. The highest BCUT2D eigenvalue weighted by atomic mass is 35.5. The molecule has 1 saturated carbocycles. The molecule has 1 fully saturated rings. The van der Waals surface area contributed by atoms with Crippen LogP contribution in [0.2, 0.25) is 5.02 Å². The van der Waals surface area contributed by atoms with Gasteiger partial charge in [0.1, 0.15) is 5.82 Å². The van der Waals surface area contributed by atoms with Gasteiger partial charge in [0.05, 0.1) is 10.0 Å². The van der Waals surface area contributed by atoms with Gasteiger partial charge in [0, 0.05) is 25.2 Å². The quantitative estimate of drug-likeness (QED) is 0.821. The maximum atomic E-state index is 6.14. The molecule has 1 aromatic rings. The fourth-order valence-corrected chi connectivity index (χ4v) is 1.99. The summed E-state index contributed by atoms with van der Waals surface area (Å²) in [4.78, 5) is 7.08. The lowest BCUT2D eigenvalue weighted by Gasteiger charge is -2.24. The molecule has 0 aliphatic heterocycles. The third kappa shape index (κ3) is 2.83. The van der Waals surface area contributed by atoms with Gasteiger partial charge in [-0.15, -0.1) is 0 Å². The molecule has 5 heteroatoms. The van der Waals surface area contributed by atoms with Crippen LogP contribution < -0.4 is 10.6 Å². The summed E-state index contributed by atoms with van der Waals surface area (Å²) in [6, 6.07) is 4.26. The van der Waals surface area contributed by atoms with Crippen LogP contribution in [0.15, 0.2) is 18.3 Å². The zero-order chi connectivity index (χ0) is 11.5. The van der Waals surface area contributed by atoms with Crippen molar-refractivity contribution >= 4 is 34.6 Å². The molecule has 2 N–H and O–H groups in total. The number of nitrogens with zero attached hydrogens (tertiary/aromatic N) is 2. The number of halogens is 1. The first-order chi connectivity index (χ1) is 7.68. The van der Waals surface area contributed by atoms with Gasteiger partial charge in [-0.3, -0.25) is 0 Å².